The molecule has 0 unspecified atom stereocenters. The predicted molar refractivity (Wildman–Crippen MR) is 71.6 cm³/mol. The van der Waals surface area contributed by atoms with E-state index in [4.69, 9.17) is 0 Å². The number of hydrogen-bond acceptors (Lipinski definition) is 2. The second-order valence-electron chi connectivity index (χ2n) is 4.10. The molecule has 4 heteroatoms. The summed E-state index contributed by atoms with van der Waals surface area (Å²) in [5.74, 6) is -2.26. The van der Waals surface area contributed by atoms with E-state index >= 15 is 0 Å². The van der Waals surface area contributed by atoms with E-state index in [1.54, 1.807) is 12.1 Å². The standard InChI is InChI=1S/C15H8F2OS/c16-12-5-4-10(8-13(12)17)14(18)11-3-1-2-9-6-7-19-15(9)11/h1-8H. The van der Waals surface area contributed by atoms with Gasteiger partial charge in [0.1, 0.15) is 0 Å². The second kappa shape index (κ2) is 4.55. The van der Waals surface area contributed by atoms with Gasteiger partial charge in [-0.25, -0.2) is 8.78 Å². The highest BCUT2D eigenvalue weighted by Gasteiger charge is 2.15. The van der Waals surface area contributed by atoms with E-state index in [1.165, 1.54) is 17.4 Å². The van der Waals surface area contributed by atoms with Crippen molar-refractivity contribution in [2.45, 2.75) is 0 Å². The smallest absolute Gasteiger partial charge is 0.194 e. The lowest BCUT2D eigenvalue weighted by atomic mass is 10.0. The van der Waals surface area contributed by atoms with Gasteiger partial charge in [0.25, 0.3) is 0 Å². The third kappa shape index (κ3) is 2.04. The van der Waals surface area contributed by atoms with Crippen molar-refractivity contribution in [3.63, 3.8) is 0 Å². The van der Waals surface area contributed by atoms with E-state index in [0.717, 1.165) is 22.2 Å². The summed E-state index contributed by atoms with van der Waals surface area (Å²) in [6.45, 7) is 0. The van der Waals surface area contributed by atoms with Crippen LogP contribution in [0.5, 0.6) is 0 Å². The van der Waals surface area contributed by atoms with Gasteiger partial charge in [-0.05, 0) is 41.1 Å². The number of benzene rings is 2. The molecule has 0 atom stereocenters. The van der Waals surface area contributed by atoms with Crippen LogP contribution in [0.25, 0.3) is 10.1 Å². The van der Waals surface area contributed by atoms with E-state index in [0.29, 0.717) is 5.56 Å². The van der Waals surface area contributed by atoms with Gasteiger partial charge in [-0.3, -0.25) is 4.79 Å². The minimum Gasteiger partial charge on any atom is -0.289 e. The molecular formula is C15H8F2OS. The number of carbonyl (C=O) groups is 1. The molecule has 0 saturated heterocycles. The number of hydrogen-bond donors (Lipinski definition) is 0. The molecule has 1 nitrogen and oxygen atoms in total. The number of carbonyl (C=O) groups excluding carboxylic acids is 1. The first-order chi connectivity index (χ1) is 9.16. The van der Waals surface area contributed by atoms with E-state index in [2.05, 4.69) is 0 Å². The second-order valence-corrected chi connectivity index (χ2v) is 5.02. The van der Waals surface area contributed by atoms with Crippen molar-refractivity contribution in [2.75, 3.05) is 0 Å². The number of ketones is 1. The summed E-state index contributed by atoms with van der Waals surface area (Å²) in [4.78, 5) is 12.3. The molecule has 0 fully saturated rings. The molecule has 1 aromatic heterocycles. The first-order valence-corrected chi connectivity index (χ1v) is 6.51. The van der Waals surface area contributed by atoms with Gasteiger partial charge < -0.3 is 0 Å². The van der Waals surface area contributed by atoms with Crippen LogP contribution in [-0.2, 0) is 0 Å². The van der Waals surface area contributed by atoms with E-state index in [-0.39, 0.29) is 11.3 Å². The highest BCUT2D eigenvalue weighted by Crippen LogP contribution is 2.26. The predicted octanol–water partition coefficient (Wildman–Crippen LogP) is 4.41. The Hall–Kier alpha value is -2.07. The molecule has 0 radical (unpaired) electrons. The maximum Gasteiger partial charge on any atom is 0.194 e. The van der Waals surface area contributed by atoms with Gasteiger partial charge in [0, 0.05) is 15.8 Å². The van der Waals surface area contributed by atoms with E-state index < -0.39 is 11.6 Å². The van der Waals surface area contributed by atoms with Crippen molar-refractivity contribution in [1.82, 2.24) is 0 Å². The fourth-order valence-corrected chi connectivity index (χ4v) is 2.88. The fourth-order valence-electron chi connectivity index (χ4n) is 1.96. The van der Waals surface area contributed by atoms with Gasteiger partial charge in [0.2, 0.25) is 0 Å². The average molecular weight is 274 g/mol. The molecule has 3 aromatic rings. The quantitative estimate of drug-likeness (QED) is 0.633. The van der Waals surface area contributed by atoms with Crippen molar-refractivity contribution in [2.24, 2.45) is 0 Å². The molecule has 0 amide bonds. The molecular weight excluding hydrogens is 266 g/mol. The zero-order valence-corrected chi connectivity index (χ0v) is 10.5. The third-order valence-electron chi connectivity index (χ3n) is 2.91. The summed E-state index contributed by atoms with van der Waals surface area (Å²) in [5, 5.41) is 2.87. The Balaban J connectivity index is 2.13. The maximum absolute atomic E-state index is 13.2. The van der Waals surface area contributed by atoms with Crippen molar-refractivity contribution < 1.29 is 13.6 Å². The number of thiophene rings is 1. The van der Waals surface area contributed by atoms with Gasteiger partial charge >= 0.3 is 0 Å². The molecule has 0 aliphatic rings. The lowest BCUT2D eigenvalue weighted by Gasteiger charge is -2.03. The molecule has 0 bridgehead atoms. The summed E-state index contributed by atoms with van der Waals surface area (Å²) in [7, 11) is 0. The Morgan fingerprint density at radius 1 is 1.00 bits per heavy atom. The lowest BCUT2D eigenvalue weighted by molar-refractivity contribution is 0.104. The van der Waals surface area contributed by atoms with Crippen molar-refractivity contribution in [1.29, 1.82) is 0 Å². The highest BCUT2D eigenvalue weighted by atomic mass is 32.1. The Kier molecular flexibility index (Phi) is 2.87. The van der Waals surface area contributed by atoms with Gasteiger partial charge in [0.15, 0.2) is 17.4 Å². The zero-order valence-electron chi connectivity index (χ0n) is 9.69. The normalized spacial score (nSPS) is 10.8. The van der Waals surface area contributed by atoms with Crippen LogP contribution in [0.3, 0.4) is 0 Å². The first kappa shape index (κ1) is 12.0. The largest absolute Gasteiger partial charge is 0.289 e. The highest BCUT2D eigenvalue weighted by molar-refractivity contribution is 7.17. The molecule has 19 heavy (non-hydrogen) atoms. The number of fused-ring (bicyclic) bond motifs is 1. The van der Waals surface area contributed by atoms with Gasteiger partial charge in [-0.2, -0.15) is 0 Å². The van der Waals surface area contributed by atoms with Crippen LogP contribution >= 0.6 is 11.3 Å². The molecule has 0 N–H and O–H groups in total. The van der Waals surface area contributed by atoms with E-state index in [9.17, 15) is 13.6 Å². The summed E-state index contributed by atoms with van der Waals surface area (Å²) < 4.78 is 26.9. The summed E-state index contributed by atoms with van der Waals surface area (Å²) >= 11 is 1.46. The Morgan fingerprint density at radius 2 is 1.84 bits per heavy atom. The van der Waals surface area contributed by atoms with Crippen LogP contribution in [0, 0.1) is 11.6 Å². The first-order valence-electron chi connectivity index (χ1n) is 5.63. The van der Waals surface area contributed by atoms with E-state index in [1.807, 2.05) is 17.5 Å². The Labute approximate surface area is 112 Å². The molecule has 1 heterocycles. The van der Waals surface area contributed by atoms with Crippen molar-refractivity contribution in [3.8, 4) is 0 Å². The van der Waals surface area contributed by atoms with Crippen LogP contribution < -0.4 is 0 Å². The SMILES string of the molecule is O=C(c1ccc(F)c(F)c1)c1cccc2ccsc12. The van der Waals surface area contributed by atoms with Crippen LogP contribution in [0.15, 0.2) is 47.8 Å². The number of rotatable bonds is 2. The molecule has 94 valence electrons. The van der Waals surface area contributed by atoms with Crippen molar-refractivity contribution >= 4 is 27.2 Å². The monoisotopic (exact) mass is 274 g/mol. The topological polar surface area (TPSA) is 17.1 Å². The summed E-state index contributed by atoms with van der Waals surface area (Å²) in [6, 6.07) is 10.5. The molecule has 0 aliphatic carbocycles. The van der Waals surface area contributed by atoms with Crippen LogP contribution in [0.4, 0.5) is 8.78 Å². The van der Waals surface area contributed by atoms with Crippen LogP contribution in [-0.4, -0.2) is 5.78 Å². The summed E-state index contributed by atoms with van der Waals surface area (Å²) in [6.07, 6.45) is 0. The molecule has 2 aromatic carbocycles. The molecule has 0 saturated carbocycles. The Bertz CT molecular complexity index is 777. The minimum atomic E-state index is -1.01. The van der Waals surface area contributed by atoms with Crippen LogP contribution in [0.1, 0.15) is 15.9 Å². The average Bonchev–Trinajstić information content (AvgIpc) is 2.89. The minimum absolute atomic E-state index is 0.153. The lowest BCUT2D eigenvalue weighted by Crippen LogP contribution is -2.02. The number of halogens is 2. The van der Waals surface area contributed by atoms with Crippen molar-refractivity contribution in [3.05, 3.63) is 70.6 Å². The maximum atomic E-state index is 13.2. The van der Waals surface area contributed by atoms with Crippen LogP contribution in [0.2, 0.25) is 0 Å². The molecule has 0 spiro atoms. The van der Waals surface area contributed by atoms with Gasteiger partial charge in [-0.15, -0.1) is 11.3 Å². The molecule has 0 aliphatic heterocycles. The summed E-state index contributed by atoms with van der Waals surface area (Å²) in [5.41, 5.74) is 0.665. The Morgan fingerprint density at radius 3 is 2.63 bits per heavy atom. The van der Waals surface area contributed by atoms with Gasteiger partial charge in [-0.1, -0.05) is 12.1 Å². The molecule has 3 rings (SSSR count). The zero-order chi connectivity index (χ0) is 13.4. The fraction of sp³-hybridized carbons (Fsp3) is 0. The van der Waals surface area contributed by atoms with Gasteiger partial charge in [0.05, 0.1) is 0 Å². The third-order valence-corrected chi connectivity index (χ3v) is 3.87.